The molecule has 0 spiro atoms. The predicted molar refractivity (Wildman–Crippen MR) is 61.7 cm³/mol. The lowest BCUT2D eigenvalue weighted by atomic mass is 10.3. The maximum Gasteiger partial charge on any atom is 0.0449 e. The summed E-state index contributed by atoms with van der Waals surface area (Å²) in [6.07, 6.45) is 5.32. The largest absolute Gasteiger partial charge is 0.324 e. The van der Waals surface area contributed by atoms with Gasteiger partial charge in [-0.3, -0.25) is 0 Å². The Hall–Kier alpha value is -1.50. The highest BCUT2D eigenvalue weighted by molar-refractivity contribution is 5.31. The van der Waals surface area contributed by atoms with E-state index in [1.165, 1.54) is 12.1 Å². The van der Waals surface area contributed by atoms with Crippen molar-refractivity contribution in [3.05, 3.63) is 54.9 Å². The maximum absolute atomic E-state index is 2.12. The molecule has 14 heavy (non-hydrogen) atoms. The van der Waals surface area contributed by atoms with E-state index in [0.717, 1.165) is 0 Å². The van der Waals surface area contributed by atoms with Crippen molar-refractivity contribution < 1.29 is 0 Å². The second kappa shape index (κ2) is 6.03. The molecule has 0 aliphatic rings. The van der Waals surface area contributed by atoms with Gasteiger partial charge in [-0.05, 0) is 24.3 Å². The van der Waals surface area contributed by atoms with E-state index in [2.05, 4.69) is 30.5 Å². The number of hydrogen-bond donors (Lipinski definition) is 0. The summed E-state index contributed by atoms with van der Waals surface area (Å²) in [5, 5.41) is 0. The fraction of sp³-hybridized carbons (Fsp3) is 0.231. The van der Waals surface area contributed by atoms with Crippen LogP contribution in [0.2, 0.25) is 0 Å². The van der Waals surface area contributed by atoms with Gasteiger partial charge >= 0.3 is 0 Å². The number of benzene rings is 1. The molecule has 1 heteroatoms. The lowest BCUT2D eigenvalue weighted by molar-refractivity contribution is 1.08. The van der Waals surface area contributed by atoms with Crippen LogP contribution < -0.4 is 0 Å². The first-order chi connectivity index (χ1) is 6.88. The van der Waals surface area contributed by atoms with Crippen LogP contribution >= 0.6 is 0 Å². The van der Waals surface area contributed by atoms with Crippen molar-refractivity contribution >= 4 is 0 Å². The molecule has 0 N–H and O–H groups in total. The van der Waals surface area contributed by atoms with Gasteiger partial charge in [-0.15, -0.1) is 0 Å². The standard InChI is InChI=1S/C10H9N.C3H8/c1-2-6-10(7-3-1)11-8-4-5-9-11;1-3-2/h1-9H;3H2,1-2H3. The third-order valence-electron chi connectivity index (χ3n) is 1.66. The SMILES string of the molecule is CCC.c1ccc(-n2cccc2)cc1. The second-order valence-corrected chi connectivity index (χ2v) is 3.13. The normalized spacial score (nSPS) is 9.00. The van der Waals surface area contributed by atoms with E-state index in [-0.39, 0.29) is 0 Å². The van der Waals surface area contributed by atoms with Gasteiger partial charge in [0.15, 0.2) is 0 Å². The van der Waals surface area contributed by atoms with Gasteiger partial charge in [-0.2, -0.15) is 0 Å². The van der Waals surface area contributed by atoms with Crippen LogP contribution in [0.4, 0.5) is 0 Å². The third kappa shape index (κ3) is 3.09. The summed E-state index contributed by atoms with van der Waals surface area (Å²) in [6.45, 7) is 4.25. The summed E-state index contributed by atoms with van der Waals surface area (Å²) >= 11 is 0. The topological polar surface area (TPSA) is 4.93 Å². The zero-order valence-electron chi connectivity index (χ0n) is 8.85. The minimum Gasteiger partial charge on any atom is -0.324 e. The average Bonchev–Trinajstić information content (AvgIpc) is 2.73. The maximum atomic E-state index is 2.12. The van der Waals surface area contributed by atoms with E-state index in [0.29, 0.717) is 0 Å². The Balaban J connectivity index is 0.000000293. The summed E-state index contributed by atoms with van der Waals surface area (Å²) in [5.41, 5.74) is 1.21. The van der Waals surface area contributed by atoms with E-state index in [4.69, 9.17) is 0 Å². The van der Waals surface area contributed by atoms with Gasteiger partial charge in [0, 0.05) is 18.1 Å². The number of rotatable bonds is 1. The van der Waals surface area contributed by atoms with Crippen LogP contribution in [0.15, 0.2) is 54.9 Å². The molecule has 0 unspecified atom stereocenters. The van der Waals surface area contributed by atoms with Gasteiger partial charge in [0.25, 0.3) is 0 Å². The summed E-state index contributed by atoms with van der Waals surface area (Å²) in [4.78, 5) is 0. The first-order valence-corrected chi connectivity index (χ1v) is 5.06. The minimum absolute atomic E-state index is 1.21. The second-order valence-electron chi connectivity index (χ2n) is 3.13. The molecule has 0 aliphatic heterocycles. The zero-order chi connectivity index (χ0) is 10.2. The Kier molecular flexibility index (Phi) is 4.56. The van der Waals surface area contributed by atoms with E-state index in [1.807, 2.05) is 42.7 Å². The summed E-state index contributed by atoms with van der Waals surface area (Å²) in [6, 6.07) is 14.3. The van der Waals surface area contributed by atoms with Crippen molar-refractivity contribution in [2.75, 3.05) is 0 Å². The highest BCUT2D eigenvalue weighted by Gasteiger charge is 1.88. The molecule has 0 radical (unpaired) electrons. The van der Waals surface area contributed by atoms with E-state index in [9.17, 15) is 0 Å². The average molecular weight is 187 g/mol. The molecule has 74 valence electrons. The zero-order valence-corrected chi connectivity index (χ0v) is 8.85. The Labute approximate surface area is 86.0 Å². The Morgan fingerprint density at radius 1 is 0.857 bits per heavy atom. The number of nitrogens with zero attached hydrogens (tertiary/aromatic N) is 1. The van der Waals surface area contributed by atoms with Crippen LogP contribution in [0.5, 0.6) is 0 Å². The first kappa shape index (κ1) is 10.6. The lowest BCUT2D eigenvalue weighted by Gasteiger charge is -1.99. The van der Waals surface area contributed by atoms with Crippen molar-refractivity contribution in [2.45, 2.75) is 20.3 Å². The molecule has 0 saturated heterocycles. The number of hydrogen-bond acceptors (Lipinski definition) is 0. The van der Waals surface area contributed by atoms with Crippen molar-refractivity contribution in [1.29, 1.82) is 0 Å². The predicted octanol–water partition coefficient (Wildman–Crippen LogP) is 3.89. The molecule has 1 aromatic heterocycles. The fourth-order valence-electron chi connectivity index (χ4n) is 1.11. The van der Waals surface area contributed by atoms with Gasteiger partial charge in [0.05, 0.1) is 0 Å². The molecule has 1 nitrogen and oxygen atoms in total. The molecule has 0 aliphatic carbocycles. The first-order valence-electron chi connectivity index (χ1n) is 5.06. The van der Waals surface area contributed by atoms with Crippen molar-refractivity contribution in [1.82, 2.24) is 4.57 Å². The van der Waals surface area contributed by atoms with Crippen LogP contribution in [0.1, 0.15) is 20.3 Å². The van der Waals surface area contributed by atoms with Crippen LogP contribution in [0, 0.1) is 0 Å². The van der Waals surface area contributed by atoms with Gasteiger partial charge < -0.3 is 4.57 Å². The Morgan fingerprint density at radius 2 is 1.36 bits per heavy atom. The van der Waals surface area contributed by atoms with Gasteiger partial charge in [0.2, 0.25) is 0 Å². The number of para-hydroxylation sites is 1. The molecule has 0 bridgehead atoms. The molecule has 0 saturated carbocycles. The smallest absolute Gasteiger partial charge is 0.0449 e. The molecule has 0 amide bonds. The summed E-state index contributed by atoms with van der Waals surface area (Å²) in [7, 11) is 0. The quantitative estimate of drug-likeness (QED) is 0.638. The molecular formula is C13H17N. The van der Waals surface area contributed by atoms with E-state index < -0.39 is 0 Å². The third-order valence-corrected chi connectivity index (χ3v) is 1.66. The Morgan fingerprint density at radius 3 is 1.86 bits per heavy atom. The van der Waals surface area contributed by atoms with Gasteiger partial charge in [-0.25, -0.2) is 0 Å². The van der Waals surface area contributed by atoms with Crippen LogP contribution in [0.25, 0.3) is 5.69 Å². The molecule has 2 aromatic rings. The molecule has 0 fully saturated rings. The summed E-state index contributed by atoms with van der Waals surface area (Å²) in [5.74, 6) is 0. The summed E-state index contributed by atoms with van der Waals surface area (Å²) < 4.78 is 2.08. The van der Waals surface area contributed by atoms with Gasteiger partial charge in [0.1, 0.15) is 0 Å². The molecule has 2 rings (SSSR count). The van der Waals surface area contributed by atoms with E-state index in [1.54, 1.807) is 0 Å². The molecule has 1 heterocycles. The lowest BCUT2D eigenvalue weighted by Crippen LogP contribution is -1.86. The highest BCUT2D eigenvalue weighted by atomic mass is 14.9. The monoisotopic (exact) mass is 187 g/mol. The fourth-order valence-corrected chi connectivity index (χ4v) is 1.11. The van der Waals surface area contributed by atoms with Crippen LogP contribution in [0.3, 0.4) is 0 Å². The van der Waals surface area contributed by atoms with Gasteiger partial charge in [-0.1, -0.05) is 38.5 Å². The molecule has 1 aromatic carbocycles. The minimum atomic E-state index is 1.21. The van der Waals surface area contributed by atoms with Crippen molar-refractivity contribution in [3.63, 3.8) is 0 Å². The van der Waals surface area contributed by atoms with Crippen LogP contribution in [-0.4, -0.2) is 4.57 Å². The van der Waals surface area contributed by atoms with Crippen molar-refractivity contribution in [2.24, 2.45) is 0 Å². The number of aromatic nitrogens is 1. The Bertz CT molecular complexity index is 321. The van der Waals surface area contributed by atoms with Crippen molar-refractivity contribution in [3.8, 4) is 5.69 Å². The van der Waals surface area contributed by atoms with E-state index >= 15 is 0 Å². The van der Waals surface area contributed by atoms with Crippen LogP contribution in [-0.2, 0) is 0 Å². The molecular weight excluding hydrogens is 170 g/mol. The molecule has 0 atom stereocenters. The highest BCUT2D eigenvalue weighted by Crippen LogP contribution is 2.05.